The Morgan fingerprint density at radius 3 is 2.71 bits per heavy atom. The van der Waals surface area contributed by atoms with Gasteiger partial charge in [-0.1, -0.05) is 36.0 Å². The highest BCUT2D eigenvalue weighted by Gasteiger charge is 2.36. The normalized spacial score (nSPS) is 36.3. The van der Waals surface area contributed by atoms with Gasteiger partial charge < -0.3 is 9.47 Å². The average Bonchev–Trinajstić information content (AvgIpc) is 2.97. The van der Waals surface area contributed by atoms with Crippen molar-refractivity contribution in [1.29, 1.82) is 0 Å². The van der Waals surface area contributed by atoms with Gasteiger partial charge in [-0.15, -0.1) is 0 Å². The van der Waals surface area contributed by atoms with Gasteiger partial charge in [0.25, 0.3) is 0 Å². The number of esters is 2. The molecule has 3 aliphatic rings. The Bertz CT molecular complexity index is 705. The van der Waals surface area contributed by atoms with Gasteiger partial charge in [-0.2, -0.15) is 0 Å². The molecule has 24 heavy (non-hydrogen) atoms. The summed E-state index contributed by atoms with van der Waals surface area (Å²) in [6, 6.07) is 0. The molecule has 1 saturated heterocycles. The number of carbonyl (C=O) groups is 2. The molecular weight excluding hydrogens is 304 g/mol. The zero-order valence-electron chi connectivity index (χ0n) is 14.1. The Kier molecular flexibility index (Phi) is 4.56. The Morgan fingerprint density at radius 1 is 1.12 bits per heavy atom. The van der Waals surface area contributed by atoms with E-state index in [4.69, 9.17) is 9.47 Å². The van der Waals surface area contributed by atoms with E-state index in [1.807, 2.05) is 38.2 Å². The number of allylic oxidation sites excluding steroid dienone is 4. The van der Waals surface area contributed by atoms with Crippen LogP contribution in [0.5, 0.6) is 0 Å². The van der Waals surface area contributed by atoms with Crippen LogP contribution in [0.2, 0.25) is 0 Å². The minimum absolute atomic E-state index is 0.0454. The molecule has 0 radical (unpaired) electrons. The minimum Gasteiger partial charge on any atom is -0.454 e. The zero-order valence-corrected chi connectivity index (χ0v) is 14.1. The summed E-state index contributed by atoms with van der Waals surface area (Å²) >= 11 is 0. The van der Waals surface area contributed by atoms with Gasteiger partial charge in [0, 0.05) is 23.5 Å². The monoisotopic (exact) mass is 326 g/mol. The first-order valence-corrected chi connectivity index (χ1v) is 8.26. The van der Waals surface area contributed by atoms with Gasteiger partial charge in [-0.3, -0.25) is 0 Å². The van der Waals surface area contributed by atoms with Crippen LogP contribution in [0.1, 0.15) is 33.1 Å². The highest BCUT2D eigenvalue weighted by Crippen LogP contribution is 2.33. The number of hydrogen-bond donors (Lipinski definition) is 0. The highest BCUT2D eigenvalue weighted by molar-refractivity contribution is 5.91. The molecule has 0 spiro atoms. The van der Waals surface area contributed by atoms with Crippen molar-refractivity contribution in [2.75, 3.05) is 0 Å². The lowest BCUT2D eigenvalue weighted by Crippen LogP contribution is -2.15. The minimum atomic E-state index is -0.325. The van der Waals surface area contributed by atoms with Crippen LogP contribution >= 0.6 is 0 Å². The molecule has 3 atom stereocenters. The Morgan fingerprint density at radius 2 is 1.92 bits per heavy atom. The van der Waals surface area contributed by atoms with Crippen molar-refractivity contribution in [3.05, 3.63) is 59.3 Å². The number of carbonyl (C=O) groups excluding carboxylic acids is 2. The van der Waals surface area contributed by atoms with E-state index in [1.165, 1.54) is 0 Å². The van der Waals surface area contributed by atoms with Crippen LogP contribution in [-0.2, 0) is 19.1 Å². The lowest BCUT2D eigenvalue weighted by molar-refractivity contribution is -0.139. The van der Waals surface area contributed by atoms with Gasteiger partial charge in [0.05, 0.1) is 0 Å². The van der Waals surface area contributed by atoms with E-state index in [2.05, 4.69) is 12.7 Å². The second-order valence-electron chi connectivity index (χ2n) is 6.64. The van der Waals surface area contributed by atoms with Gasteiger partial charge in [0.2, 0.25) is 0 Å². The van der Waals surface area contributed by atoms with Crippen LogP contribution in [0.25, 0.3) is 0 Å². The number of hydrogen-bond acceptors (Lipinski definition) is 4. The molecule has 2 heterocycles. The molecule has 1 aliphatic carbocycles. The fourth-order valence-electron chi connectivity index (χ4n) is 3.27. The first kappa shape index (κ1) is 16.5. The van der Waals surface area contributed by atoms with Crippen molar-refractivity contribution >= 4 is 11.9 Å². The van der Waals surface area contributed by atoms with Crippen molar-refractivity contribution in [3.63, 3.8) is 0 Å². The molecule has 1 unspecified atom stereocenters. The van der Waals surface area contributed by atoms with Gasteiger partial charge >= 0.3 is 11.9 Å². The topological polar surface area (TPSA) is 52.6 Å². The summed E-state index contributed by atoms with van der Waals surface area (Å²) in [5, 5.41) is 0. The molecule has 4 heteroatoms. The summed E-state index contributed by atoms with van der Waals surface area (Å²) < 4.78 is 10.9. The lowest BCUT2D eigenvalue weighted by Gasteiger charge is -2.15. The third kappa shape index (κ3) is 3.42. The zero-order chi connectivity index (χ0) is 17.3. The maximum atomic E-state index is 11.9. The molecule has 0 aromatic carbocycles. The molecule has 126 valence electrons. The molecule has 0 aromatic rings. The predicted molar refractivity (Wildman–Crippen MR) is 91.0 cm³/mol. The maximum absolute atomic E-state index is 11.9. The summed E-state index contributed by atoms with van der Waals surface area (Å²) in [5.74, 6) is -0.613. The molecule has 0 amide bonds. The van der Waals surface area contributed by atoms with Crippen LogP contribution in [0.4, 0.5) is 0 Å². The molecule has 1 fully saturated rings. The van der Waals surface area contributed by atoms with Gasteiger partial charge in [-0.05, 0) is 38.8 Å². The highest BCUT2D eigenvalue weighted by atomic mass is 16.6. The van der Waals surface area contributed by atoms with Crippen molar-refractivity contribution in [3.8, 4) is 0 Å². The number of ether oxygens (including phenoxy) is 2. The Balaban J connectivity index is 1.91. The third-order valence-corrected chi connectivity index (χ3v) is 4.64. The fraction of sp³-hybridized carbons (Fsp3) is 0.400. The van der Waals surface area contributed by atoms with Crippen LogP contribution in [0, 0.1) is 5.92 Å². The summed E-state index contributed by atoms with van der Waals surface area (Å²) in [4.78, 5) is 23.8. The fourth-order valence-corrected chi connectivity index (χ4v) is 3.27. The van der Waals surface area contributed by atoms with E-state index in [0.29, 0.717) is 30.4 Å². The second kappa shape index (κ2) is 6.63. The molecule has 0 aromatic heterocycles. The summed E-state index contributed by atoms with van der Waals surface area (Å²) in [7, 11) is 0. The predicted octanol–water partition coefficient (Wildman–Crippen LogP) is 3.57. The molecule has 2 bridgehead atoms. The van der Waals surface area contributed by atoms with E-state index >= 15 is 0 Å². The molecule has 3 rings (SSSR count). The van der Waals surface area contributed by atoms with Crippen LogP contribution in [0.15, 0.2) is 59.3 Å². The van der Waals surface area contributed by atoms with Crippen LogP contribution in [-0.4, -0.2) is 24.1 Å². The van der Waals surface area contributed by atoms with Crippen molar-refractivity contribution in [1.82, 2.24) is 0 Å². The average molecular weight is 326 g/mol. The van der Waals surface area contributed by atoms with E-state index in [1.54, 1.807) is 0 Å². The second-order valence-corrected chi connectivity index (χ2v) is 6.64. The standard InChI is InChI=1S/C20H22O4/c1-12-5-4-6-15-11-16(23-20(15)22)9-13(2)10-18-17(8-7-12)14(3)19(21)24-18/h4-5,7,10-11,16-18H,3,6,8-9H2,1-2H3/b5-4+,12-7-,13-10+/t16?,17-,18+/m1/s1. The first-order valence-electron chi connectivity index (χ1n) is 8.26. The molecule has 0 N–H and O–H groups in total. The Hall–Kier alpha value is -2.36. The smallest absolute Gasteiger partial charge is 0.334 e. The number of fused-ring (bicyclic) bond motifs is 2. The van der Waals surface area contributed by atoms with Gasteiger partial charge in [0.1, 0.15) is 12.2 Å². The maximum Gasteiger partial charge on any atom is 0.334 e. The largest absolute Gasteiger partial charge is 0.454 e. The third-order valence-electron chi connectivity index (χ3n) is 4.64. The summed E-state index contributed by atoms with van der Waals surface area (Å²) in [5.41, 5.74) is 3.35. The van der Waals surface area contributed by atoms with E-state index in [-0.39, 0.29) is 30.1 Å². The van der Waals surface area contributed by atoms with Crippen molar-refractivity contribution in [2.24, 2.45) is 5.92 Å². The number of rotatable bonds is 0. The van der Waals surface area contributed by atoms with Gasteiger partial charge in [-0.25, -0.2) is 9.59 Å². The van der Waals surface area contributed by atoms with Crippen LogP contribution in [0.3, 0.4) is 0 Å². The summed E-state index contributed by atoms with van der Waals surface area (Å²) in [6.45, 7) is 7.86. The van der Waals surface area contributed by atoms with E-state index in [9.17, 15) is 9.59 Å². The van der Waals surface area contributed by atoms with Gasteiger partial charge in [0.15, 0.2) is 0 Å². The molecular formula is C20H22O4. The van der Waals surface area contributed by atoms with E-state index in [0.717, 1.165) is 11.1 Å². The van der Waals surface area contributed by atoms with E-state index < -0.39 is 0 Å². The summed E-state index contributed by atoms with van der Waals surface area (Å²) in [6.07, 6.45) is 11.2. The van der Waals surface area contributed by atoms with Crippen LogP contribution < -0.4 is 0 Å². The SMILES string of the molecule is C=C1C(=O)O[C@H]2/C=C(\C)CC3C=C(C/C=C/C(C)=C\C[C@H]12)C(=O)O3. The molecule has 4 nitrogen and oxygen atoms in total. The quantitative estimate of drug-likeness (QED) is 0.388. The van der Waals surface area contributed by atoms with Crippen molar-refractivity contribution < 1.29 is 19.1 Å². The Labute approximate surface area is 142 Å². The molecule has 2 aliphatic heterocycles. The lowest BCUT2D eigenvalue weighted by atomic mass is 9.91. The first-order chi connectivity index (χ1) is 11.4. The molecule has 0 saturated carbocycles. The van der Waals surface area contributed by atoms with Crippen molar-refractivity contribution in [2.45, 2.75) is 45.3 Å².